The summed E-state index contributed by atoms with van der Waals surface area (Å²) in [5.41, 5.74) is 0. The summed E-state index contributed by atoms with van der Waals surface area (Å²) in [6.45, 7) is 4.14. The van der Waals surface area contributed by atoms with Gasteiger partial charge in [-0.2, -0.15) is 0 Å². The lowest BCUT2D eigenvalue weighted by molar-refractivity contribution is -0.135. The molecule has 100 valence electrons. The summed E-state index contributed by atoms with van der Waals surface area (Å²) in [4.78, 5) is 17.9. The standard InChI is InChI=1S/C12H20N4O2/c1-15-5-4-14-11(15)10-13-3-2-12(17)16-6-8-18-9-7-16/h4-5,13H,2-3,6-10H2,1H3. The van der Waals surface area contributed by atoms with Gasteiger partial charge in [0.25, 0.3) is 0 Å². The summed E-state index contributed by atoms with van der Waals surface area (Å²) in [7, 11) is 1.96. The third-order valence-corrected chi connectivity index (χ3v) is 3.08. The average Bonchev–Trinajstić information content (AvgIpc) is 2.81. The maximum atomic E-state index is 11.8. The Kier molecular flexibility index (Phi) is 4.72. The molecule has 0 atom stereocenters. The molecular weight excluding hydrogens is 232 g/mol. The molecule has 2 heterocycles. The van der Waals surface area contributed by atoms with E-state index in [1.807, 2.05) is 22.7 Å². The van der Waals surface area contributed by atoms with E-state index in [9.17, 15) is 4.79 Å². The lowest BCUT2D eigenvalue weighted by Crippen LogP contribution is -2.41. The zero-order valence-electron chi connectivity index (χ0n) is 10.8. The van der Waals surface area contributed by atoms with Gasteiger partial charge in [0, 0.05) is 45.5 Å². The minimum atomic E-state index is 0.200. The van der Waals surface area contributed by atoms with Crippen molar-refractivity contribution in [1.29, 1.82) is 0 Å². The van der Waals surface area contributed by atoms with Crippen molar-refractivity contribution in [3.8, 4) is 0 Å². The first-order valence-electron chi connectivity index (χ1n) is 6.30. The predicted octanol–water partition coefficient (Wildman–Crippen LogP) is -0.241. The smallest absolute Gasteiger partial charge is 0.224 e. The van der Waals surface area contributed by atoms with E-state index in [1.54, 1.807) is 6.20 Å². The van der Waals surface area contributed by atoms with E-state index >= 15 is 0 Å². The molecule has 0 bridgehead atoms. The Hall–Kier alpha value is -1.40. The van der Waals surface area contributed by atoms with Crippen LogP contribution in [-0.4, -0.2) is 53.2 Å². The number of rotatable bonds is 5. The summed E-state index contributed by atoms with van der Waals surface area (Å²) in [6, 6.07) is 0. The third-order valence-electron chi connectivity index (χ3n) is 3.08. The number of amides is 1. The van der Waals surface area contributed by atoms with Crippen LogP contribution in [-0.2, 0) is 23.1 Å². The van der Waals surface area contributed by atoms with Crippen LogP contribution in [0.15, 0.2) is 12.4 Å². The molecule has 6 nitrogen and oxygen atoms in total. The number of ether oxygens (including phenoxy) is 1. The number of carbonyl (C=O) groups is 1. The molecule has 1 aromatic heterocycles. The van der Waals surface area contributed by atoms with E-state index in [-0.39, 0.29) is 5.91 Å². The maximum absolute atomic E-state index is 11.8. The second-order valence-corrected chi connectivity index (χ2v) is 4.37. The van der Waals surface area contributed by atoms with E-state index in [4.69, 9.17) is 4.74 Å². The van der Waals surface area contributed by atoms with Crippen LogP contribution in [0.4, 0.5) is 0 Å². The molecule has 0 spiro atoms. The highest BCUT2D eigenvalue weighted by Crippen LogP contribution is 2.00. The highest BCUT2D eigenvalue weighted by molar-refractivity contribution is 5.76. The Morgan fingerprint density at radius 2 is 2.28 bits per heavy atom. The number of aryl methyl sites for hydroxylation is 1. The number of carbonyl (C=O) groups excluding carboxylic acids is 1. The van der Waals surface area contributed by atoms with Gasteiger partial charge in [-0.25, -0.2) is 4.98 Å². The van der Waals surface area contributed by atoms with Crippen LogP contribution in [0, 0.1) is 0 Å². The minimum Gasteiger partial charge on any atom is -0.378 e. The fraction of sp³-hybridized carbons (Fsp3) is 0.667. The Labute approximate surface area is 107 Å². The van der Waals surface area contributed by atoms with Crippen molar-refractivity contribution in [2.75, 3.05) is 32.8 Å². The number of morpholine rings is 1. The number of hydrogen-bond donors (Lipinski definition) is 1. The molecule has 2 rings (SSSR count). The molecule has 1 saturated heterocycles. The van der Waals surface area contributed by atoms with Crippen molar-refractivity contribution in [2.45, 2.75) is 13.0 Å². The van der Waals surface area contributed by atoms with Crippen molar-refractivity contribution >= 4 is 5.91 Å². The quantitative estimate of drug-likeness (QED) is 0.735. The lowest BCUT2D eigenvalue weighted by Gasteiger charge is -2.26. The van der Waals surface area contributed by atoms with Crippen molar-refractivity contribution in [3.63, 3.8) is 0 Å². The van der Waals surface area contributed by atoms with E-state index < -0.39 is 0 Å². The van der Waals surface area contributed by atoms with Gasteiger partial charge in [0.05, 0.1) is 19.8 Å². The summed E-state index contributed by atoms with van der Waals surface area (Å²) >= 11 is 0. The average molecular weight is 252 g/mol. The van der Waals surface area contributed by atoms with Crippen LogP contribution >= 0.6 is 0 Å². The van der Waals surface area contributed by atoms with Crippen molar-refractivity contribution in [3.05, 3.63) is 18.2 Å². The van der Waals surface area contributed by atoms with E-state index in [0.29, 0.717) is 32.7 Å². The fourth-order valence-corrected chi connectivity index (χ4v) is 1.93. The summed E-state index contributed by atoms with van der Waals surface area (Å²) < 4.78 is 7.19. The van der Waals surface area contributed by atoms with Gasteiger partial charge in [0.15, 0.2) is 0 Å². The lowest BCUT2D eigenvalue weighted by atomic mass is 10.3. The van der Waals surface area contributed by atoms with Gasteiger partial charge in [-0.1, -0.05) is 0 Å². The van der Waals surface area contributed by atoms with Crippen LogP contribution in [0.2, 0.25) is 0 Å². The number of aromatic nitrogens is 2. The molecule has 0 aromatic carbocycles. The van der Waals surface area contributed by atoms with Crippen molar-refractivity contribution in [2.24, 2.45) is 7.05 Å². The van der Waals surface area contributed by atoms with Crippen LogP contribution in [0.1, 0.15) is 12.2 Å². The molecule has 0 unspecified atom stereocenters. The molecule has 1 amide bonds. The molecule has 18 heavy (non-hydrogen) atoms. The minimum absolute atomic E-state index is 0.200. The summed E-state index contributed by atoms with van der Waals surface area (Å²) in [6.07, 6.45) is 4.22. The van der Waals surface area contributed by atoms with Crippen LogP contribution in [0.5, 0.6) is 0 Å². The molecule has 1 aliphatic heterocycles. The second kappa shape index (κ2) is 6.51. The second-order valence-electron chi connectivity index (χ2n) is 4.37. The van der Waals surface area contributed by atoms with E-state index in [1.165, 1.54) is 0 Å². The first-order valence-corrected chi connectivity index (χ1v) is 6.30. The monoisotopic (exact) mass is 252 g/mol. The van der Waals surface area contributed by atoms with E-state index in [2.05, 4.69) is 10.3 Å². The van der Waals surface area contributed by atoms with Crippen molar-refractivity contribution in [1.82, 2.24) is 19.8 Å². The first-order chi connectivity index (χ1) is 8.77. The Bertz CT molecular complexity index is 385. The van der Waals surface area contributed by atoms with Gasteiger partial charge >= 0.3 is 0 Å². The van der Waals surface area contributed by atoms with Gasteiger partial charge in [0.2, 0.25) is 5.91 Å². The van der Waals surface area contributed by atoms with Crippen LogP contribution in [0.25, 0.3) is 0 Å². The number of imidazole rings is 1. The Morgan fingerprint density at radius 3 is 2.94 bits per heavy atom. The van der Waals surface area contributed by atoms with Gasteiger partial charge < -0.3 is 19.5 Å². The fourth-order valence-electron chi connectivity index (χ4n) is 1.93. The molecule has 0 radical (unpaired) electrons. The molecule has 1 aliphatic rings. The van der Waals surface area contributed by atoms with Crippen LogP contribution < -0.4 is 5.32 Å². The van der Waals surface area contributed by atoms with E-state index in [0.717, 1.165) is 18.9 Å². The number of hydrogen-bond acceptors (Lipinski definition) is 4. The van der Waals surface area contributed by atoms with Gasteiger partial charge in [-0.05, 0) is 0 Å². The zero-order chi connectivity index (χ0) is 12.8. The predicted molar refractivity (Wildman–Crippen MR) is 66.9 cm³/mol. The number of nitrogens with one attached hydrogen (secondary N) is 1. The third kappa shape index (κ3) is 3.54. The molecule has 0 saturated carbocycles. The van der Waals surface area contributed by atoms with Gasteiger partial charge in [-0.15, -0.1) is 0 Å². The molecule has 1 aromatic rings. The Morgan fingerprint density at radius 1 is 1.50 bits per heavy atom. The SMILES string of the molecule is Cn1ccnc1CNCCC(=O)N1CCOCC1. The molecule has 1 fully saturated rings. The molecule has 1 N–H and O–H groups in total. The van der Waals surface area contributed by atoms with Gasteiger partial charge in [-0.3, -0.25) is 4.79 Å². The Balaban J connectivity index is 1.63. The summed E-state index contributed by atoms with van der Waals surface area (Å²) in [5, 5.41) is 3.24. The highest BCUT2D eigenvalue weighted by atomic mass is 16.5. The zero-order valence-corrected chi connectivity index (χ0v) is 10.8. The summed E-state index contributed by atoms with van der Waals surface area (Å²) in [5.74, 6) is 1.18. The van der Waals surface area contributed by atoms with Crippen LogP contribution in [0.3, 0.4) is 0 Å². The number of nitrogens with zero attached hydrogens (tertiary/aromatic N) is 3. The topological polar surface area (TPSA) is 59.4 Å². The molecular formula is C12H20N4O2. The maximum Gasteiger partial charge on any atom is 0.224 e. The normalized spacial score (nSPS) is 15.9. The highest BCUT2D eigenvalue weighted by Gasteiger charge is 2.15. The molecule has 0 aliphatic carbocycles. The van der Waals surface area contributed by atoms with Crippen molar-refractivity contribution < 1.29 is 9.53 Å². The molecule has 6 heteroatoms. The first kappa shape index (κ1) is 13.0. The largest absolute Gasteiger partial charge is 0.378 e. The van der Waals surface area contributed by atoms with Gasteiger partial charge in [0.1, 0.15) is 5.82 Å².